The molecule has 0 spiro atoms. The summed E-state index contributed by atoms with van der Waals surface area (Å²) >= 11 is 0. The molecule has 0 radical (unpaired) electrons. The van der Waals surface area contributed by atoms with E-state index in [9.17, 15) is 0 Å². The van der Waals surface area contributed by atoms with Gasteiger partial charge in [-0.3, -0.25) is 10.3 Å². The standard InChI is InChI=1S/C10H21N3O/c1-8(14-2)7-13(9-3-4-9)6-5-10(11)12/h8-9H,3-7H2,1-2H3,(H3,11,12). The van der Waals surface area contributed by atoms with Gasteiger partial charge in [-0.25, -0.2) is 0 Å². The number of hydrogen-bond acceptors (Lipinski definition) is 3. The highest BCUT2D eigenvalue weighted by Gasteiger charge is 2.29. The molecule has 1 unspecified atom stereocenters. The number of nitrogens with one attached hydrogen (secondary N) is 1. The first-order valence-corrected chi connectivity index (χ1v) is 5.23. The van der Waals surface area contributed by atoms with Gasteiger partial charge in [0, 0.05) is 32.7 Å². The highest BCUT2D eigenvalue weighted by atomic mass is 16.5. The van der Waals surface area contributed by atoms with Crippen LogP contribution in [0.2, 0.25) is 0 Å². The van der Waals surface area contributed by atoms with Crippen molar-refractivity contribution in [1.82, 2.24) is 4.90 Å². The van der Waals surface area contributed by atoms with Gasteiger partial charge in [-0.15, -0.1) is 0 Å². The van der Waals surface area contributed by atoms with Crippen molar-refractivity contribution in [1.29, 1.82) is 5.41 Å². The molecule has 4 heteroatoms. The Bertz CT molecular complexity index is 192. The summed E-state index contributed by atoms with van der Waals surface area (Å²) in [5, 5.41) is 7.20. The fourth-order valence-corrected chi connectivity index (χ4v) is 1.53. The van der Waals surface area contributed by atoms with Crippen LogP contribution in [0.3, 0.4) is 0 Å². The van der Waals surface area contributed by atoms with Gasteiger partial charge >= 0.3 is 0 Å². The number of ether oxygens (including phenoxy) is 1. The monoisotopic (exact) mass is 199 g/mol. The molecule has 82 valence electrons. The summed E-state index contributed by atoms with van der Waals surface area (Å²) in [5.74, 6) is 0.278. The first-order valence-electron chi connectivity index (χ1n) is 5.23. The number of methoxy groups -OCH3 is 1. The molecule has 4 nitrogen and oxygen atoms in total. The zero-order valence-electron chi connectivity index (χ0n) is 9.12. The zero-order chi connectivity index (χ0) is 10.6. The maximum Gasteiger partial charge on any atom is 0.0918 e. The third-order valence-corrected chi connectivity index (χ3v) is 2.63. The van der Waals surface area contributed by atoms with Gasteiger partial charge in [-0.05, 0) is 19.8 Å². The van der Waals surface area contributed by atoms with Gasteiger partial charge in [0.25, 0.3) is 0 Å². The molecule has 3 N–H and O–H groups in total. The fraction of sp³-hybridized carbons (Fsp3) is 0.900. The molecule has 0 heterocycles. The molecular formula is C10H21N3O. The third-order valence-electron chi connectivity index (χ3n) is 2.63. The van der Waals surface area contributed by atoms with Gasteiger partial charge in [0.1, 0.15) is 0 Å². The summed E-state index contributed by atoms with van der Waals surface area (Å²) in [6.45, 7) is 3.92. The van der Waals surface area contributed by atoms with Crippen molar-refractivity contribution in [2.45, 2.75) is 38.3 Å². The number of nitrogens with two attached hydrogens (primary N) is 1. The molecule has 1 atom stereocenters. The van der Waals surface area contributed by atoms with E-state index >= 15 is 0 Å². The first-order chi connectivity index (χ1) is 6.63. The minimum absolute atomic E-state index is 0.266. The van der Waals surface area contributed by atoms with E-state index in [2.05, 4.69) is 11.8 Å². The van der Waals surface area contributed by atoms with Crippen molar-refractivity contribution < 1.29 is 4.74 Å². The second-order valence-corrected chi connectivity index (χ2v) is 4.05. The van der Waals surface area contributed by atoms with Gasteiger partial charge in [0.15, 0.2) is 0 Å². The maximum atomic E-state index is 7.20. The van der Waals surface area contributed by atoms with E-state index < -0.39 is 0 Å². The minimum atomic E-state index is 0.266. The highest BCUT2D eigenvalue weighted by molar-refractivity contribution is 5.76. The second kappa shape index (κ2) is 5.32. The van der Waals surface area contributed by atoms with E-state index in [4.69, 9.17) is 15.9 Å². The Hall–Kier alpha value is -0.610. The average Bonchev–Trinajstić information content (AvgIpc) is 2.94. The largest absolute Gasteiger partial charge is 0.388 e. The quantitative estimate of drug-likeness (QED) is 0.471. The predicted molar refractivity (Wildman–Crippen MR) is 57.6 cm³/mol. The Balaban J connectivity index is 2.27. The van der Waals surface area contributed by atoms with Crippen molar-refractivity contribution in [3.8, 4) is 0 Å². The summed E-state index contributed by atoms with van der Waals surface area (Å²) in [6, 6.07) is 0.715. The smallest absolute Gasteiger partial charge is 0.0918 e. The lowest BCUT2D eigenvalue weighted by Crippen LogP contribution is -2.36. The molecule has 0 aromatic carbocycles. The minimum Gasteiger partial charge on any atom is -0.388 e. The Morgan fingerprint density at radius 1 is 1.64 bits per heavy atom. The van der Waals surface area contributed by atoms with Crippen LogP contribution in [0.5, 0.6) is 0 Å². The molecule has 1 aliphatic rings. The van der Waals surface area contributed by atoms with E-state index in [1.807, 2.05) is 0 Å². The maximum absolute atomic E-state index is 7.20. The van der Waals surface area contributed by atoms with Crippen LogP contribution >= 0.6 is 0 Å². The van der Waals surface area contributed by atoms with Gasteiger partial charge in [0.2, 0.25) is 0 Å². The molecule has 0 aliphatic heterocycles. The van der Waals surface area contributed by atoms with Crippen LogP contribution < -0.4 is 5.73 Å². The van der Waals surface area contributed by atoms with Gasteiger partial charge < -0.3 is 10.5 Å². The number of rotatable bonds is 7. The normalized spacial score (nSPS) is 18.5. The molecule has 1 fully saturated rings. The van der Waals surface area contributed by atoms with E-state index in [-0.39, 0.29) is 11.9 Å². The van der Waals surface area contributed by atoms with E-state index in [1.165, 1.54) is 12.8 Å². The van der Waals surface area contributed by atoms with Crippen LogP contribution in [0, 0.1) is 5.41 Å². The number of amidine groups is 1. The zero-order valence-corrected chi connectivity index (χ0v) is 9.12. The van der Waals surface area contributed by atoms with Gasteiger partial charge in [-0.1, -0.05) is 0 Å². The van der Waals surface area contributed by atoms with Crippen LogP contribution in [0.25, 0.3) is 0 Å². The van der Waals surface area contributed by atoms with E-state index in [0.29, 0.717) is 12.5 Å². The Labute approximate surface area is 85.9 Å². The summed E-state index contributed by atoms with van der Waals surface area (Å²) in [6.07, 6.45) is 3.51. The predicted octanol–water partition coefficient (Wildman–Crippen LogP) is 0.812. The molecule has 0 aromatic heterocycles. The van der Waals surface area contributed by atoms with E-state index in [0.717, 1.165) is 13.1 Å². The third kappa shape index (κ3) is 4.07. The summed E-state index contributed by atoms with van der Waals surface area (Å²) in [7, 11) is 1.74. The van der Waals surface area contributed by atoms with Crippen molar-refractivity contribution in [2.24, 2.45) is 5.73 Å². The van der Waals surface area contributed by atoms with Crippen molar-refractivity contribution in [3.63, 3.8) is 0 Å². The van der Waals surface area contributed by atoms with Crippen LogP contribution in [0.15, 0.2) is 0 Å². The van der Waals surface area contributed by atoms with Crippen LogP contribution in [-0.2, 0) is 4.74 Å². The van der Waals surface area contributed by atoms with Crippen molar-refractivity contribution >= 4 is 5.84 Å². The van der Waals surface area contributed by atoms with Crippen molar-refractivity contribution in [2.75, 3.05) is 20.2 Å². The Kier molecular flexibility index (Phi) is 4.35. The Morgan fingerprint density at radius 3 is 2.71 bits per heavy atom. The molecular weight excluding hydrogens is 178 g/mol. The first kappa shape index (κ1) is 11.5. The van der Waals surface area contributed by atoms with Gasteiger partial charge in [-0.2, -0.15) is 0 Å². The average molecular weight is 199 g/mol. The van der Waals surface area contributed by atoms with Crippen LogP contribution in [0.1, 0.15) is 26.2 Å². The molecule has 1 saturated carbocycles. The number of hydrogen-bond donors (Lipinski definition) is 2. The molecule has 0 aromatic rings. The molecule has 0 saturated heterocycles. The molecule has 1 rings (SSSR count). The summed E-state index contributed by atoms with van der Waals surface area (Å²) in [5.41, 5.74) is 5.35. The summed E-state index contributed by atoms with van der Waals surface area (Å²) < 4.78 is 5.24. The summed E-state index contributed by atoms with van der Waals surface area (Å²) in [4.78, 5) is 2.38. The van der Waals surface area contributed by atoms with Gasteiger partial charge in [0.05, 0.1) is 11.9 Å². The lowest BCUT2D eigenvalue weighted by Gasteiger charge is -2.24. The molecule has 14 heavy (non-hydrogen) atoms. The van der Waals surface area contributed by atoms with E-state index in [1.54, 1.807) is 7.11 Å². The highest BCUT2D eigenvalue weighted by Crippen LogP contribution is 2.27. The number of nitrogens with zero attached hydrogens (tertiary/aromatic N) is 1. The SMILES string of the molecule is COC(C)CN(CCC(=N)N)C1CC1. The topological polar surface area (TPSA) is 62.3 Å². The van der Waals surface area contributed by atoms with Crippen molar-refractivity contribution in [3.05, 3.63) is 0 Å². The Morgan fingerprint density at radius 2 is 2.29 bits per heavy atom. The van der Waals surface area contributed by atoms with Crippen LogP contribution in [0.4, 0.5) is 0 Å². The fourth-order valence-electron chi connectivity index (χ4n) is 1.53. The molecule has 1 aliphatic carbocycles. The lowest BCUT2D eigenvalue weighted by atomic mass is 10.3. The molecule has 0 amide bonds. The lowest BCUT2D eigenvalue weighted by molar-refractivity contribution is 0.0750. The van der Waals surface area contributed by atoms with Crippen LogP contribution in [-0.4, -0.2) is 43.1 Å². The second-order valence-electron chi connectivity index (χ2n) is 4.05. The molecule has 0 bridgehead atoms.